The van der Waals surface area contributed by atoms with Crippen LogP contribution >= 0.6 is 0 Å². The Morgan fingerprint density at radius 1 is 1.21 bits per heavy atom. The Labute approximate surface area is 193 Å². The number of amides is 2. The molecular formula is C24H33FN4O4. The highest BCUT2D eigenvalue weighted by atomic mass is 19.1. The Balaban J connectivity index is 0.000000709. The predicted molar refractivity (Wildman–Crippen MR) is 121 cm³/mol. The van der Waals surface area contributed by atoms with Gasteiger partial charge in [0.25, 0.3) is 17.6 Å². The van der Waals surface area contributed by atoms with Crippen molar-refractivity contribution in [3.63, 3.8) is 0 Å². The van der Waals surface area contributed by atoms with Crippen LogP contribution in [-0.4, -0.2) is 58.7 Å². The average Bonchev–Trinajstić information content (AvgIpc) is 3.26. The molecule has 4 rings (SSSR count). The van der Waals surface area contributed by atoms with Crippen molar-refractivity contribution in [2.75, 3.05) is 19.8 Å². The van der Waals surface area contributed by atoms with Crippen molar-refractivity contribution in [2.24, 2.45) is 11.3 Å². The van der Waals surface area contributed by atoms with E-state index >= 15 is 0 Å². The van der Waals surface area contributed by atoms with E-state index < -0.39 is 11.9 Å². The van der Waals surface area contributed by atoms with Gasteiger partial charge in [-0.3, -0.25) is 9.59 Å². The number of rotatable bonds is 3. The van der Waals surface area contributed by atoms with Gasteiger partial charge in [0.1, 0.15) is 11.9 Å². The number of hydrogen-bond donors (Lipinski definition) is 1. The molecule has 2 aliphatic heterocycles. The van der Waals surface area contributed by atoms with Gasteiger partial charge in [0.05, 0.1) is 6.04 Å². The Morgan fingerprint density at radius 2 is 1.82 bits per heavy atom. The molecule has 0 radical (unpaired) electrons. The maximum Gasteiger partial charge on any atom is 0.296 e. The van der Waals surface area contributed by atoms with Gasteiger partial charge < -0.3 is 19.5 Å². The minimum Gasteiger partial charge on any atom is -0.381 e. The lowest BCUT2D eigenvalue weighted by Crippen LogP contribution is -2.65. The van der Waals surface area contributed by atoms with E-state index in [4.69, 9.17) is 9.26 Å². The number of piperazine rings is 1. The van der Waals surface area contributed by atoms with E-state index in [9.17, 15) is 14.0 Å². The second-order valence-electron chi connectivity index (χ2n) is 9.62. The summed E-state index contributed by atoms with van der Waals surface area (Å²) in [4.78, 5) is 31.3. The Bertz CT molecular complexity index is 951. The standard InChI is InChI=1S/C20H23FN4O4.C4H10/c1-12-17(26)22-15(20(2)7-9-28-10-8-20)11-25(12)19(27)16-23-18(29-24-16)13-3-5-14(21)6-4-13;1-4(2)3/h3-6,12,15H,7-11H2,1-2H3,(H,22,26);4H,1-3H3. The first-order chi connectivity index (χ1) is 15.6. The molecule has 2 aromatic rings. The van der Waals surface area contributed by atoms with Crippen molar-refractivity contribution >= 4 is 11.8 Å². The third-order valence-electron chi connectivity index (χ3n) is 5.99. The number of ether oxygens (including phenoxy) is 1. The van der Waals surface area contributed by atoms with Crippen molar-refractivity contribution in [1.29, 1.82) is 0 Å². The third-order valence-corrected chi connectivity index (χ3v) is 5.99. The van der Waals surface area contributed by atoms with Crippen molar-refractivity contribution in [3.05, 3.63) is 35.9 Å². The summed E-state index contributed by atoms with van der Waals surface area (Å²) in [6, 6.07) is 4.72. The van der Waals surface area contributed by atoms with Crippen LogP contribution in [0.3, 0.4) is 0 Å². The van der Waals surface area contributed by atoms with Gasteiger partial charge in [0.2, 0.25) is 5.91 Å². The number of halogens is 1. The van der Waals surface area contributed by atoms with Gasteiger partial charge in [-0.25, -0.2) is 4.39 Å². The summed E-state index contributed by atoms with van der Waals surface area (Å²) in [7, 11) is 0. The minimum atomic E-state index is -0.644. The molecule has 0 spiro atoms. The van der Waals surface area contributed by atoms with Crippen LogP contribution in [0.4, 0.5) is 4.39 Å². The average molecular weight is 461 g/mol. The zero-order valence-electron chi connectivity index (χ0n) is 19.9. The fraction of sp³-hybridized carbons (Fsp3) is 0.583. The molecule has 180 valence electrons. The van der Waals surface area contributed by atoms with Gasteiger partial charge in [0, 0.05) is 25.3 Å². The molecule has 33 heavy (non-hydrogen) atoms. The van der Waals surface area contributed by atoms with E-state index in [1.165, 1.54) is 29.2 Å². The smallest absolute Gasteiger partial charge is 0.296 e. The summed E-state index contributed by atoms with van der Waals surface area (Å²) in [6.45, 7) is 11.9. The molecule has 2 saturated heterocycles. The maximum atomic E-state index is 13.1. The molecule has 2 fully saturated rings. The summed E-state index contributed by atoms with van der Waals surface area (Å²) >= 11 is 0. The maximum absolute atomic E-state index is 13.1. The second kappa shape index (κ2) is 10.4. The van der Waals surface area contributed by atoms with E-state index in [1.54, 1.807) is 6.92 Å². The summed E-state index contributed by atoms with van der Waals surface area (Å²) < 4.78 is 23.7. The van der Waals surface area contributed by atoms with Gasteiger partial charge >= 0.3 is 0 Å². The van der Waals surface area contributed by atoms with Crippen LogP contribution in [0.2, 0.25) is 0 Å². The van der Waals surface area contributed by atoms with Gasteiger partial charge in [-0.2, -0.15) is 4.98 Å². The van der Waals surface area contributed by atoms with Gasteiger partial charge in [-0.1, -0.05) is 32.9 Å². The molecule has 2 aliphatic rings. The van der Waals surface area contributed by atoms with Crippen LogP contribution in [0.15, 0.2) is 28.8 Å². The first kappa shape index (κ1) is 24.8. The zero-order valence-corrected chi connectivity index (χ0v) is 19.9. The molecular weight excluding hydrogens is 427 g/mol. The number of nitrogens with zero attached hydrogens (tertiary/aromatic N) is 3. The number of benzene rings is 1. The lowest BCUT2D eigenvalue weighted by atomic mass is 9.74. The molecule has 1 N–H and O–H groups in total. The van der Waals surface area contributed by atoms with Crippen LogP contribution < -0.4 is 5.32 Å². The lowest BCUT2D eigenvalue weighted by Gasteiger charge is -2.47. The van der Waals surface area contributed by atoms with Crippen LogP contribution in [-0.2, 0) is 9.53 Å². The molecule has 0 saturated carbocycles. The Morgan fingerprint density at radius 3 is 2.42 bits per heavy atom. The van der Waals surface area contributed by atoms with Crippen molar-refractivity contribution in [2.45, 2.75) is 59.5 Å². The van der Waals surface area contributed by atoms with Crippen LogP contribution in [0, 0.1) is 17.2 Å². The van der Waals surface area contributed by atoms with Crippen molar-refractivity contribution < 1.29 is 23.2 Å². The Kier molecular flexibility index (Phi) is 7.84. The third kappa shape index (κ3) is 5.96. The van der Waals surface area contributed by atoms with E-state index in [2.05, 4.69) is 43.2 Å². The quantitative estimate of drug-likeness (QED) is 0.750. The summed E-state index contributed by atoms with van der Waals surface area (Å²) in [5, 5.41) is 6.84. The Hall–Kier alpha value is -2.81. The molecule has 3 heterocycles. The summed E-state index contributed by atoms with van der Waals surface area (Å²) in [5.41, 5.74) is 0.360. The lowest BCUT2D eigenvalue weighted by molar-refractivity contribution is -0.132. The number of aromatic nitrogens is 2. The molecule has 2 unspecified atom stereocenters. The minimum absolute atomic E-state index is 0.121. The molecule has 0 bridgehead atoms. The van der Waals surface area contributed by atoms with E-state index in [0.717, 1.165) is 18.8 Å². The molecule has 0 aliphatic carbocycles. The first-order valence-corrected chi connectivity index (χ1v) is 11.4. The van der Waals surface area contributed by atoms with Gasteiger partial charge in [-0.15, -0.1) is 0 Å². The normalized spacial score (nSPS) is 22.4. The van der Waals surface area contributed by atoms with Crippen LogP contribution in [0.25, 0.3) is 11.5 Å². The highest BCUT2D eigenvalue weighted by molar-refractivity contribution is 5.95. The first-order valence-electron chi connectivity index (χ1n) is 11.4. The topological polar surface area (TPSA) is 97.6 Å². The monoisotopic (exact) mass is 460 g/mol. The predicted octanol–water partition coefficient (Wildman–Crippen LogP) is 3.68. The number of carbonyl (C=O) groups is 2. The molecule has 8 nitrogen and oxygen atoms in total. The van der Waals surface area contributed by atoms with Crippen LogP contribution in [0.5, 0.6) is 0 Å². The highest BCUT2D eigenvalue weighted by Gasteiger charge is 2.44. The van der Waals surface area contributed by atoms with E-state index in [0.29, 0.717) is 25.3 Å². The summed E-state index contributed by atoms with van der Waals surface area (Å²) in [6.07, 6.45) is 1.62. The SMILES string of the molecule is CC(C)C.CC1C(=O)NC(C2(C)CCOCC2)CN1C(=O)c1noc(-c2ccc(F)cc2)n1. The largest absolute Gasteiger partial charge is 0.381 e. The zero-order chi connectivity index (χ0) is 24.2. The number of carbonyl (C=O) groups excluding carboxylic acids is 2. The fourth-order valence-corrected chi connectivity index (χ4v) is 3.82. The van der Waals surface area contributed by atoms with E-state index in [-0.39, 0.29) is 34.9 Å². The number of nitrogens with one attached hydrogen (secondary N) is 1. The molecule has 2 atom stereocenters. The van der Waals surface area contributed by atoms with Gasteiger partial charge in [0.15, 0.2) is 0 Å². The molecule has 9 heteroatoms. The van der Waals surface area contributed by atoms with Crippen molar-refractivity contribution in [1.82, 2.24) is 20.4 Å². The number of hydrogen-bond acceptors (Lipinski definition) is 6. The fourth-order valence-electron chi connectivity index (χ4n) is 3.82. The molecule has 2 amide bonds. The van der Waals surface area contributed by atoms with Crippen molar-refractivity contribution in [3.8, 4) is 11.5 Å². The van der Waals surface area contributed by atoms with Gasteiger partial charge in [-0.05, 0) is 55.4 Å². The molecule has 1 aromatic heterocycles. The summed E-state index contributed by atoms with van der Waals surface area (Å²) in [5.74, 6) is -0.225. The van der Waals surface area contributed by atoms with Crippen LogP contribution in [0.1, 0.15) is 58.1 Å². The highest BCUT2D eigenvalue weighted by Crippen LogP contribution is 2.35. The van der Waals surface area contributed by atoms with E-state index in [1.807, 2.05) is 0 Å². The second-order valence-corrected chi connectivity index (χ2v) is 9.62. The molecule has 1 aromatic carbocycles.